The monoisotopic (exact) mass is 1990 g/mol. The number of ether oxygens (including phenoxy) is 17. The molecule has 2 saturated heterocycles. The predicted molar refractivity (Wildman–Crippen MR) is 507 cm³/mol. The molecule has 17 atom stereocenters. The highest BCUT2D eigenvalue weighted by atomic mass is 16.7. The van der Waals surface area contributed by atoms with Crippen molar-refractivity contribution in [2.75, 3.05) is 219 Å². The van der Waals surface area contributed by atoms with E-state index in [1.807, 2.05) is 51.1 Å². The number of hydrogen-bond donors (Lipinski definition) is 10. The van der Waals surface area contributed by atoms with E-state index in [0.717, 1.165) is 17.1 Å². The number of carboxylic acids is 1. The zero-order chi connectivity index (χ0) is 103. The molecule has 0 bridgehead atoms. The fourth-order valence-electron chi connectivity index (χ4n) is 16.3. The van der Waals surface area contributed by atoms with Gasteiger partial charge in [-0.05, 0) is 79.0 Å². The molecule has 3 aliphatic rings. The van der Waals surface area contributed by atoms with Crippen LogP contribution in [0, 0.1) is 35.5 Å². The maximum Gasteiger partial charge on any atom is 0.410 e. The average Bonchev–Trinajstić information content (AvgIpc) is 1.05. The fourth-order valence-corrected chi connectivity index (χ4v) is 16.3. The van der Waals surface area contributed by atoms with E-state index in [9.17, 15) is 78.3 Å². The van der Waals surface area contributed by atoms with Gasteiger partial charge in [0.2, 0.25) is 41.7 Å². The highest BCUT2D eigenvalue weighted by Crippen LogP contribution is 2.36. The standard InChI is InChI=1S/C97H157N9O34/c1-14-65(6)85(78(125-12)60-83(113)105-33-20-24-73(105)90(126-13)67(8)75(107)57-66(7)86(114)69-21-16-15-17-22-69)103(9)94(120)70(63(2)3)59-76(108)84(64(4)5)104(10)97(123)138-62-68-25-26-77(139-96-89(117)87(115)88(116)91(140-96)95(121)122)72(58-68)101-80(110)29-32-100-92(118)71(102-93(119)74(61-98)106-81(111)27-28-82(106)112)23-18-19-31-99-79(109)30-34-127-37-38-129-41-42-131-45-46-133-49-50-135-53-54-137-56-55-136-52-51-134-48-47-132-44-43-130-40-39-128-36-35-124-11/h15-17,21-22,25-28,58,63-67,70-71,73-74,78,84-91,96,114-117H,14,18-20,23-24,29-57,59-62,98H2,1-13H3,(H,99,109)(H,100,118)(H,101,110)(H,102,119)(H,121,122)/t65-,66-,67-,70-,71-,73-,74?,78+,84-,85-,86+,87-,88-,89+,90+,91-,96+/m0/s1. The predicted octanol–water partition coefficient (Wildman–Crippen LogP) is 2.72. The number of aliphatic carboxylic acids is 1. The van der Waals surface area contributed by atoms with Crippen molar-refractivity contribution in [3.63, 3.8) is 0 Å². The van der Waals surface area contributed by atoms with Gasteiger partial charge >= 0.3 is 12.1 Å². The van der Waals surface area contributed by atoms with Crippen LogP contribution in [0.15, 0.2) is 60.7 Å². The third-order valence-electron chi connectivity index (χ3n) is 24.3. The number of rotatable bonds is 77. The Morgan fingerprint density at radius 3 is 1.61 bits per heavy atom. The number of aliphatic hydroxyl groups is 4. The van der Waals surface area contributed by atoms with Gasteiger partial charge in [0.25, 0.3) is 11.8 Å². The number of methoxy groups -OCH3 is 3. The van der Waals surface area contributed by atoms with E-state index in [0.29, 0.717) is 175 Å². The van der Waals surface area contributed by atoms with E-state index in [1.165, 1.54) is 39.5 Å². The second-order valence-corrected chi connectivity index (χ2v) is 35.3. The molecule has 43 nitrogen and oxygen atoms in total. The molecule has 2 aromatic rings. The minimum Gasteiger partial charge on any atom is -0.479 e. The Labute approximate surface area is 821 Å². The summed E-state index contributed by atoms with van der Waals surface area (Å²) in [7, 11) is 7.61. The number of ketones is 2. The number of imide groups is 1. The normalized spacial score (nSPS) is 18.9. The molecule has 43 heteroatoms. The van der Waals surface area contributed by atoms with E-state index >= 15 is 4.79 Å². The summed E-state index contributed by atoms with van der Waals surface area (Å²) in [6, 6.07) is 7.84. The van der Waals surface area contributed by atoms with Crippen LogP contribution in [-0.2, 0) is 135 Å². The molecule has 3 aliphatic heterocycles. The Kier molecular flexibility index (Phi) is 59.5. The zero-order valence-electron chi connectivity index (χ0n) is 83.8. The van der Waals surface area contributed by atoms with E-state index in [1.54, 1.807) is 58.6 Å². The summed E-state index contributed by atoms with van der Waals surface area (Å²) >= 11 is 0. The summed E-state index contributed by atoms with van der Waals surface area (Å²) in [6.45, 7) is 22.9. The lowest BCUT2D eigenvalue weighted by Crippen LogP contribution is -2.61. The van der Waals surface area contributed by atoms with Gasteiger partial charge in [-0.1, -0.05) is 98.2 Å². The Morgan fingerprint density at radius 2 is 1.11 bits per heavy atom. The molecule has 0 spiro atoms. The maximum atomic E-state index is 15.1. The molecule has 0 aromatic heterocycles. The van der Waals surface area contributed by atoms with Crippen LogP contribution >= 0.6 is 0 Å². The topological polar surface area (TPSA) is 550 Å². The number of anilines is 1. The number of carbonyl (C=O) groups is 12. The van der Waals surface area contributed by atoms with E-state index < -0.39 is 188 Å². The van der Waals surface area contributed by atoms with Crippen LogP contribution in [0.3, 0.4) is 0 Å². The highest BCUT2D eigenvalue weighted by molar-refractivity contribution is 6.15. The number of carbonyl (C=O) groups excluding carboxylic acids is 11. The van der Waals surface area contributed by atoms with Crippen molar-refractivity contribution >= 4 is 76.6 Å². The van der Waals surface area contributed by atoms with Gasteiger partial charge in [-0.25, -0.2) is 9.59 Å². The quantitative estimate of drug-likeness (QED) is 0.0336. The van der Waals surface area contributed by atoms with Crippen LogP contribution < -0.4 is 31.7 Å². The minimum atomic E-state index is -2.10. The number of nitrogens with one attached hydrogen (secondary N) is 4. The summed E-state index contributed by atoms with van der Waals surface area (Å²) in [5.41, 5.74) is 6.56. The molecule has 140 heavy (non-hydrogen) atoms. The lowest BCUT2D eigenvalue weighted by molar-refractivity contribution is -0.271. The molecule has 0 radical (unpaired) electrons. The first kappa shape index (κ1) is 122. The highest BCUT2D eigenvalue weighted by Gasteiger charge is 2.50. The summed E-state index contributed by atoms with van der Waals surface area (Å²) in [4.78, 5) is 170. The first-order valence-electron chi connectivity index (χ1n) is 48.4. The number of unbranched alkanes of at least 4 members (excludes halogenated alkanes) is 1. The second-order valence-electron chi connectivity index (χ2n) is 35.3. The Hall–Kier alpha value is -8.78. The summed E-state index contributed by atoms with van der Waals surface area (Å²) in [6.07, 6.45) is -10.3. The second kappa shape index (κ2) is 68.5. The van der Waals surface area contributed by atoms with Crippen molar-refractivity contribution in [1.29, 1.82) is 0 Å². The first-order valence-corrected chi connectivity index (χ1v) is 48.4. The van der Waals surface area contributed by atoms with E-state index in [4.69, 9.17) is 86.3 Å². The Morgan fingerprint density at radius 1 is 0.579 bits per heavy atom. The molecule has 5 rings (SSSR count). The van der Waals surface area contributed by atoms with Crippen molar-refractivity contribution in [3.8, 4) is 5.75 Å². The summed E-state index contributed by atoms with van der Waals surface area (Å²) in [5, 5.41) is 63.6. The molecule has 3 heterocycles. The van der Waals surface area contributed by atoms with Crippen molar-refractivity contribution in [2.45, 2.75) is 212 Å². The Bertz CT molecular complexity index is 4010. The summed E-state index contributed by atoms with van der Waals surface area (Å²) < 4.78 is 94.6. The molecule has 11 N–H and O–H groups in total. The van der Waals surface area contributed by atoms with Gasteiger partial charge in [0.05, 0.1) is 201 Å². The third kappa shape index (κ3) is 42.6. The lowest BCUT2D eigenvalue weighted by Gasteiger charge is -2.41. The van der Waals surface area contributed by atoms with Crippen molar-refractivity contribution < 1.29 is 164 Å². The number of benzene rings is 2. The smallest absolute Gasteiger partial charge is 0.410 e. The third-order valence-corrected chi connectivity index (χ3v) is 24.3. The number of hydrogen-bond acceptors (Lipinski definition) is 34. The number of likely N-dealkylation sites (N-methyl/N-ethyl adjacent to an activating group) is 2. The van der Waals surface area contributed by atoms with Crippen LogP contribution in [0.4, 0.5) is 10.5 Å². The molecular weight excluding hydrogens is 1840 g/mol. The minimum absolute atomic E-state index is 0.0192. The van der Waals surface area contributed by atoms with Crippen molar-refractivity contribution in [3.05, 3.63) is 71.8 Å². The molecule has 9 amide bonds. The molecule has 794 valence electrons. The molecule has 0 saturated carbocycles. The van der Waals surface area contributed by atoms with E-state index in [-0.39, 0.29) is 105 Å². The van der Waals surface area contributed by atoms with Gasteiger partial charge in [0.1, 0.15) is 48.5 Å². The number of nitrogens with two attached hydrogens (primary N) is 1. The number of likely N-dealkylation sites (tertiary alicyclic amines) is 1. The Balaban J connectivity index is 1.10. The van der Waals surface area contributed by atoms with Gasteiger partial charge in [-0.15, -0.1) is 0 Å². The SMILES string of the molecule is CC[C@H](C)[C@@H]([C@@H](CC(=O)N1CCC[C@H]1[C@H](OC)[C@@H](C)C(=O)C[C@H](C)[C@@H](O)c1ccccc1)OC)N(C)C(=O)[C@@H](CC(=O)[C@H](C(C)C)N(C)C(=O)OCc1ccc(O[C@@H]2O[C@H](C(=O)O)[C@@H](O)[C@H](O)[C@H]2O)c(NC(=O)CCNC(=O)[C@H](CCCCNC(=O)CCOCCOCCOCCOCCOCCOCCOCCOCCOCCOCCOCCOC)NC(=O)C(CN)N2C(=O)C=CC2=O)c1)C(C)C. The number of nitrogens with zero attached hydrogens (tertiary/aromatic N) is 4. The van der Waals surface area contributed by atoms with Crippen LogP contribution in [0.5, 0.6) is 5.75 Å². The molecule has 0 aliphatic carbocycles. The zero-order valence-corrected chi connectivity index (χ0v) is 83.8. The van der Waals surface area contributed by atoms with Gasteiger partial charge in [-0.2, -0.15) is 0 Å². The van der Waals surface area contributed by atoms with Gasteiger partial charge in [-0.3, -0.25) is 52.8 Å². The van der Waals surface area contributed by atoms with Crippen LogP contribution in [-0.4, -0.2) is 403 Å². The number of amides is 9. The number of carboxylic acid groups (broad SMARTS) is 1. The molecule has 1 unspecified atom stereocenters. The first-order chi connectivity index (χ1) is 67.2. The van der Waals surface area contributed by atoms with Gasteiger partial charge in [0, 0.05) is 111 Å². The maximum absolute atomic E-state index is 15.1. The molecular formula is C97H157N9O34. The number of Topliss-reactive ketones (excluding diaryl/α,β-unsaturated/α-hetero) is 2. The van der Waals surface area contributed by atoms with Crippen molar-refractivity contribution in [1.82, 2.24) is 35.6 Å². The average molecular weight is 1990 g/mol. The van der Waals surface area contributed by atoms with Crippen LogP contribution in [0.2, 0.25) is 0 Å². The van der Waals surface area contributed by atoms with Crippen molar-refractivity contribution in [2.24, 2.45) is 41.2 Å². The van der Waals surface area contributed by atoms with Crippen LogP contribution in [0.1, 0.15) is 143 Å². The number of aliphatic hydroxyl groups excluding tert-OH is 4. The summed E-state index contributed by atoms with van der Waals surface area (Å²) in [5.74, 6) is -10.9. The van der Waals surface area contributed by atoms with Crippen LogP contribution in [0.25, 0.3) is 0 Å². The largest absolute Gasteiger partial charge is 0.479 e. The van der Waals surface area contributed by atoms with Gasteiger partial charge < -0.3 is 148 Å². The fraction of sp³-hybridized carbons (Fsp3) is 0.732. The molecule has 2 aromatic carbocycles. The molecule has 2 fully saturated rings. The lowest BCUT2D eigenvalue weighted by atomic mass is 9.83. The van der Waals surface area contributed by atoms with E-state index in [2.05, 4.69) is 21.3 Å². The van der Waals surface area contributed by atoms with Gasteiger partial charge in [0.15, 0.2) is 11.9 Å².